The van der Waals surface area contributed by atoms with Crippen LogP contribution in [0.1, 0.15) is 71.5 Å². The van der Waals surface area contributed by atoms with Gasteiger partial charge in [0.15, 0.2) is 6.29 Å². The molecule has 3 unspecified atom stereocenters. The van der Waals surface area contributed by atoms with Crippen molar-refractivity contribution in [2.24, 2.45) is 0 Å². The summed E-state index contributed by atoms with van der Waals surface area (Å²) in [6, 6.07) is 25.4. The van der Waals surface area contributed by atoms with E-state index in [9.17, 15) is 9.90 Å². The molecule has 1 amide bonds. The van der Waals surface area contributed by atoms with Gasteiger partial charge >= 0.3 is 0 Å². The molecule has 1 heterocycles. The molecule has 2 aliphatic rings. The van der Waals surface area contributed by atoms with E-state index >= 15 is 0 Å². The van der Waals surface area contributed by atoms with Crippen LogP contribution in [0, 0.1) is 0 Å². The van der Waals surface area contributed by atoms with Crippen molar-refractivity contribution in [3.8, 4) is 0 Å². The van der Waals surface area contributed by atoms with Gasteiger partial charge in [0.05, 0.1) is 18.8 Å². The lowest BCUT2D eigenvalue weighted by Gasteiger charge is -2.39. The number of benzene rings is 3. The number of hydrogen-bond acceptors (Lipinski definition) is 5. The maximum absolute atomic E-state index is 12.6. The Morgan fingerprint density at radius 2 is 1.64 bits per heavy atom. The zero-order chi connectivity index (χ0) is 27.0. The van der Waals surface area contributed by atoms with Crippen molar-refractivity contribution in [3.63, 3.8) is 0 Å². The smallest absolute Gasteiger partial charge is 0.255 e. The minimum Gasteiger partial charge on any atom is -0.392 e. The number of rotatable bonds is 10. The average Bonchev–Trinajstić information content (AvgIpc) is 3.53. The molecule has 6 heteroatoms. The van der Waals surface area contributed by atoms with Gasteiger partial charge in [-0.05, 0) is 48.2 Å². The van der Waals surface area contributed by atoms with E-state index in [1.807, 2.05) is 72.8 Å². The number of amides is 1. The van der Waals surface area contributed by atoms with E-state index in [1.165, 1.54) is 25.7 Å². The Bertz CT molecular complexity index is 1210. The van der Waals surface area contributed by atoms with Crippen molar-refractivity contribution >= 4 is 11.6 Å². The van der Waals surface area contributed by atoms with Crippen LogP contribution in [0.5, 0.6) is 0 Å². The largest absolute Gasteiger partial charge is 0.392 e. The monoisotopic (exact) mass is 526 g/mol. The van der Waals surface area contributed by atoms with Crippen molar-refractivity contribution < 1.29 is 19.4 Å². The maximum atomic E-state index is 12.6. The van der Waals surface area contributed by atoms with Gasteiger partial charge in [-0.1, -0.05) is 73.5 Å². The van der Waals surface area contributed by atoms with Crippen LogP contribution in [0.2, 0.25) is 0 Å². The maximum Gasteiger partial charge on any atom is 0.255 e. The summed E-state index contributed by atoms with van der Waals surface area (Å²) >= 11 is 0. The van der Waals surface area contributed by atoms with E-state index in [-0.39, 0.29) is 24.7 Å². The number of aliphatic hydroxyl groups excluding tert-OH is 1. The van der Waals surface area contributed by atoms with E-state index in [1.54, 1.807) is 12.1 Å². The molecule has 1 aliphatic carbocycles. The first-order valence-corrected chi connectivity index (χ1v) is 13.9. The Labute approximate surface area is 231 Å². The van der Waals surface area contributed by atoms with Crippen molar-refractivity contribution in [2.75, 3.05) is 18.4 Å². The standard InChI is InChI=1S/C33H38N2O4/c1-2-20-35(29-10-6-7-11-29)22-30-21-31(25-14-12-24(23-36)13-15-25)39-33(38-30)27-16-18-28(19-17-27)34-32(37)26-8-4-3-5-9-26/h2-5,8-9,12-19,29-31,33,36H,1,6-7,10-11,20-23H2,(H,34,37). The van der Waals surface area contributed by atoms with Gasteiger partial charge in [-0.15, -0.1) is 6.58 Å². The highest BCUT2D eigenvalue weighted by Gasteiger charge is 2.34. The predicted molar refractivity (Wildman–Crippen MR) is 153 cm³/mol. The van der Waals surface area contributed by atoms with E-state index in [4.69, 9.17) is 9.47 Å². The zero-order valence-electron chi connectivity index (χ0n) is 22.4. The topological polar surface area (TPSA) is 71.0 Å². The second-order valence-electron chi connectivity index (χ2n) is 10.5. The third-order valence-corrected chi connectivity index (χ3v) is 7.73. The van der Waals surface area contributed by atoms with Crippen LogP contribution in [0.4, 0.5) is 5.69 Å². The number of anilines is 1. The lowest BCUT2D eigenvalue weighted by Crippen LogP contribution is -2.43. The van der Waals surface area contributed by atoms with Crippen molar-refractivity contribution in [3.05, 3.63) is 114 Å². The van der Waals surface area contributed by atoms with E-state index in [0.29, 0.717) is 11.6 Å². The fourth-order valence-corrected chi connectivity index (χ4v) is 5.62. The highest BCUT2D eigenvalue weighted by Crippen LogP contribution is 2.39. The molecule has 0 bridgehead atoms. The molecule has 3 aromatic rings. The van der Waals surface area contributed by atoms with Gasteiger partial charge in [-0.3, -0.25) is 9.69 Å². The van der Waals surface area contributed by atoms with E-state index in [0.717, 1.165) is 41.9 Å². The normalized spacial score (nSPS) is 21.6. The molecule has 3 aromatic carbocycles. The fourth-order valence-electron chi connectivity index (χ4n) is 5.62. The summed E-state index contributed by atoms with van der Waals surface area (Å²) in [6.45, 7) is 5.69. The lowest BCUT2D eigenvalue weighted by molar-refractivity contribution is -0.253. The molecule has 39 heavy (non-hydrogen) atoms. The Balaban J connectivity index is 1.33. The van der Waals surface area contributed by atoms with Gasteiger partial charge < -0.3 is 19.9 Å². The number of nitrogens with zero attached hydrogens (tertiary/aromatic N) is 1. The Morgan fingerprint density at radius 1 is 0.949 bits per heavy atom. The summed E-state index contributed by atoms with van der Waals surface area (Å²) in [6.07, 6.45) is 7.08. The first-order valence-electron chi connectivity index (χ1n) is 13.9. The van der Waals surface area contributed by atoms with Gasteiger partial charge in [0.25, 0.3) is 5.91 Å². The van der Waals surface area contributed by atoms with Crippen molar-refractivity contribution in [1.29, 1.82) is 0 Å². The molecule has 1 aliphatic heterocycles. The van der Waals surface area contributed by atoms with Gasteiger partial charge in [0, 0.05) is 42.4 Å². The van der Waals surface area contributed by atoms with Crippen LogP contribution in [0.25, 0.3) is 0 Å². The Morgan fingerprint density at radius 3 is 2.31 bits per heavy atom. The minimum atomic E-state index is -0.528. The summed E-state index contributed by atoms with van der Waals surface area (Å²) in [4.78, 5) is 15.1. The third kappa shape index (κ3) is 7.02. The SMILES string of the molecule is C=CCN(CC1CC(c2ccc(CO)cc2)OC(c2ccc(NC(=O)c3ccccc3)cc2)O1)C1CCCC1. The summed E-state index contributed by atoms with van der Waals surface area (Å²) in [5.41, 5.74) is 4.20. The van der Waals surface area contributed by atoms with Gasteiger partial charge in [-0.2, -0.15) is 0 Å². The van der Waals surface area contributed by atoms with Gasteiger partial charge in [-0.25, -0.2) is 0 Å². The van der Waals surface area contributed by atoms with Crippen LogP contribution < -0.4 is 5.32 Å². The third-order valence-electron chi connectivity index (χ3n) is 7.73. The minimum absolute atomic E-state index is 0.00993. The number of carbonyl (C=O) groups excluding carboxylic acids is 1. The Kier molecular flexibility index (Phi) is 9.22. The fraction of sp³-hybridized carbons (Fsp3) is 0.364. The van der Waals surface area contributed by atoms with Crippen LogP contribution in [0.15, 0.2) is 91.5 Å². The van der Waals surface area contributed by atoms with Crippen LogP contribution in [-0.2, 0) is 16.1 Å². The summed E-state index contributed by atoms with van der Waals surface area (Å²) in [5, 5.41) is 12.4. The number of ether oxygens (including phenoxy) is 2. The van der Waals surface area contributed by atoms with Crippen LogP contribution >= 0.6 is 0 Å². The highest BCUT2D eigenvalue weighted by atomic mass is 16.7. The summed E-state index contributed by atoms with van der Waals surface area (Å²) in [7, 11) is 0. The second-order valence-corrected chi connectivity index (χ2v) is 10.5. The Hall–Kier alpha value is -3.29. The van der Waals surface area contributed by atoms with Gasteiger partial charge in [0.2, 0.25) is 0 Å². The van der Waals surface area contributed by atoms with E-state index < -0.39 is 6.29 Å². The molecule has 204 valence electrons. The molecule has 0 aromatic heterocycles. The molecule has 1 saturated heterocycles. The summed E-state index contributed by atoms with van der Waals surface area (Å²) < 4.78 is 13.1. The van der Waals surface area contributed by atoms with Gasteiger partial charge in [0.1, 0.15) is 0 Å². The molecule has 0 radical (unpaired) electrons. The van der Waals surface area contributed by atoms with Crippen LogP contribution in [-0.4, -0.2) is 41.1 Å². The molecule has 5 rings (SSSR count). The molecule has 2 N–H and O–H groups in total. The molecule has 2 fully saturated rings. The zero-order valence-corrected chi connectivity index (χ0v) is 22.4. The predicted octanol–water partition coefficient (Wildman–Crippen LogP) is 6.41. The highest BCUT2D eigenvalue weighted by molar-refractivity contribution is 6.04. The molecule has 6 nitrogen and oxygen atoms in total. The first-order chi connectivity index (χ1) is 19.1. The molecule has 0 spiro atoms. The average molecular weight is 527 g/mol. The molecule has 1 saturated carbocycles. The first kappa shape index (κ1) is 27.3. The number of hydrogen-bond donors (Lipinski definition) is 2. The number of nitrogens with one attached hydrogen (secondary N) is 1. The lowest BCUT2D eigenvalue weighted by atomic mass is 9.99. The van der Waals surface area contributed by atoms with Crippen molar-refractivity contribution in [2.45, 2.75) is 63.3 Å². The quantitative estimate of drug-likeness (QED) is 0.299. The van der Waals surface area contributed by atoms with E-state index in [2.05, 4.69) is 16.8 Å². The van der Waals surface area contributed by atoms with Crippen LogP contribution in [0.3, 0.4) is 0 Å². The molecular weight excluding hydrogens is 488 g/mol. The second kappa shape index (κ2) is 13.2. The number of carbonyl (C=O) groups is 1. The van der Waals surface area contributed by atoms with Crippen molar-refractivity contribution in [1.82, 2.24) is 4.90 Å². The molecule has 3 atom stereocenters. The summed E-state index contributed by atoms with van der Waals surface area (Å²) in [5.74, 6) is -0.144. The number of aliphatic hydroxyl groups is 1. The molecular formula is C33H38N2O4.